The van der Waals surface area contributed by atoms with E-state index < -0.39 is 35.0 Å². The van der Waals surface area contributed by atoms with E-state index in [4.69, 9.17) is 4.74 Å². The molecular weight excluding hydrogens is 289 g/mol. The Balaban J connectivity index is 2.14. The molecule has 7 heteroatoms. The topological polar surface area (TPSA) is 60.4 Å². The van der Waals surface area contributed by atoms with Crippen LogP contribution < -0.4 is 0 Å². The molecule has 0 unspecified atom stereocenters. The van der Waals surface area contributed by atoms with Gasteiger partial charge in [-0.25, -0.2) is 4.79 Å². The normalized spacial score (nSPS) is 14.9. The average molecular weight is 296 g/mol. The maximum absolute atomic E-state index is 12.4. The van der Waals surface area contributed by atoms with Crippen molar-refractivity contribution >= 4 is 17.5 Å². The van der Waals surface area contributed by atoms with Crippen LogP contribution in [0.4, 0.5) is 13.2 Å². The van der Waals surface area contributed by atoms with E-state index in [9.17, 15) is 27.6 Å². The molecule has 1 aromatic carbocycles. The fourth-order valence-electron chi connectivity index (χ4n) is 1.52. The first-order valence-corrected chi connectivity index (χ1v) is 5.65. The fraction of sp³-hybridized carbons (Fsp3) is 0.0714. The Hall–Kier alpha value is -2.70. The fourth-order valence-corrected chi connectivity index (χ4v) is 1.52. The third-order valence-electron chi connectivity index (χ3n) is 2.57. The maximum Gasteiger partial charge on any atom is 0.416 e. The molecule has 1 aromatic rings. The molecule has 1 aliphatic rings. The van der Waals surface area contributed by atoms with Crippen molar-refractivity contribution in [2.24, 2.45) is 0 Å². The van der Waals surface area contributed by atoms with Gasteiger partial charge in [0.05, 0.1) is 11.1 Å². The highest BCUT2D eigenvalue weighted by atomic mass is 19.4. The minimum Gasteiger partial charge on any atom is -0.419 e. The maximum atomic E-state index is 12.4. The smallest absolute Gasteiger partial charge is 0.416 e. The molecule has 0 fully saturated rings. The number of allylic oxidation sites excluding steroid dienone is 3. The molecule has 0 atom stereocenters. The van der Waals surface area contributed by atoms with Crippen molar-refractivity contribution in [2.45, 2.75) is 6.18 Å². The molecule has 0 heterocycles. The van der Waals surface area contributed by atoms with Crippen LogP contribution in [-0.2, 0) is 20.5 Å². The van der Waals surface area contributed by atoms with Gasteiger partial charge in [-0.05, 0) is 36.4 Å². The van der Waals surface area contributed by atoms with Crippen molar-refractivity contribution in [3.63, 3.8) is 0 Å². The van der Waals surface area contributed by atoms with Gasteiger partial charge in [0.2, 0.25) is 5.78 Å². The lowest BCUT2D eigenvalue weighted by Gasteiger charge is -2.09. The van der Waals surface area contributed by atoms with Gasteiger partial charge in [-0.1, -0.05) is 0 Å². The van der Waals surface area contributed by atoms with E-state index in [1.807, 2.05) is 0 Å². The molecule has 0 N–H and O–H groups in total. The lowest BCUT2D eigenvalue weighted by atomic mass is 10.1. The predicted molar refractivity (Wildman–Crippen MR) is 64.1 cm³/mol. The van der Waals surface area contributed by atoms with Crippen molar-refractivity contribution in [3.8, 4) is 0 Å². The van der Waals surface area contributed by atoms with Gasteiger partial charge in [0.1, 0.15) is 0 Å². The summed E-state index contributed by atoms with van der Waals surface area (Å²) in [6.07, 6.45) is -1.72. The highest BCUT2D eigenvalue weighted by molar-refractivity contribution is 6.17. The minimum atomic E-state index is -4.51. The zero-order chi connectivity index (χ0) is 15.6. The molecule has 4 nitrogen and oxygen atoms in total. The first kappa shape index (κ1) is 14.7. The van der Waals surface area contributed by atoms with Crippen LogP contribution in [0.5, 0.6) is 0 Å². The predicted octanol–water partition coefficient (Wildman–Crippen LogP) is 2.45. The Morgan fingerprint density at radius 3 is 2.19 bits per heavy atom. The number of rotatable bonds is 2. The largest absolute Gasteiger partial charge is 0.419 e. The number of carbonyl (C=O) groups is 3. The molecule has 0 saturated carbocycles. The summed E-state index contributed by atoms with van der Waals surface area (Å²) in [5.74, 6) is -2.68. The SMILES string of the molecule is O=C1C=CC(=O)C(OC(=O)c2ccc(C(F)(F)F)cc2)=C1. The van der Waals surface area contributed by atoms with Crippen LogP contribution >= 0.6 is 0 Å². The summed E-state index contributed by atoms with van der Waals surface area (Å²) in [4.78, 5) is 34.1. The number of ether oxygens (including phenoxy) is 1. The number of benzene rings is 1. The van der Waals surface area contributed by atoms with Gasteiger partial charge < -0.3 is 4.74 Å². The van der Waals surface area contributed by atoms with Crippen LogP contribution in [0.2, 0.25) is 0 Å². The quantitative estimate of drug-likeness (QED) is 0.621. The van der Waals surface area contributed by atoms with Gasteiger partial charge in [0, 0.05) is 6.08 Å². The first-order chi connectivity index (χ1) is 9.77. The molecule has 0 saturated heterocycles. The van der Waals surface area contributed by atoms with E-state index >= 15 is 0 Å². The van der Waals surface area contributed by atoms with Crippen molar-refractivity contribution in [1.82, 2.24) is 0 Å². The zero-order valence-corrected chi connectivity index (χ0v) is 10.3. The Morgan fingerprint density at radius 2 is 1.62 bits per heavy atom. The van der Waals surface area contributed by atoms with Crippen molar-refractivity contribution < 1.29 is 32.3 Å². The molecule has 1 aliphatic carbocycles. The standard InChI is InChI=1S/C14H7F3O4/c15-14(16,17)9-3-1-8(2-4-9)13(20)21-12-7-10(18)5-6-11(12)19/h1-7H. The third-order valence-corrected chi connectivity index (χ3v) is 2.57. The van der Waals surface area contributed by atoms with E-state index in [-0.39, 0.29) is 5.56 Å². The van der Waals surface area contributed by atoms with E-state index in [1.54, 1.807) is 0 Å². The second-order valence-electron chi connectivity index (χ2n) is 4.07. The van der Waals surface area contributed by atoms with Gasteiger partial charge in [0.15, 0.2) is 11.5 Å². The van der Waals surface area contributed by atoms with E-state index in [2.05, 4.69) is 0 Å². The first-order valence-electron chi connectivity index (χ1n) is 5.65. The molecule has 21 heavy (non-hydrogen) atoms. The van der Waals surface area contributed by atoms with Crippen molar-refractivity contribution in [1.29, 1.82) is 0 Å². The summed E-state index contributed by atoms with van der Waals surface area (Å²) in [6, 6.07) is 3.30. The Morgan fingerprint density at radius 1 is 1.00 bits per heavy atom. The lowest BCUT2D eigenvalue weighted by molar-refractivity contribution is -0.137. The van der Waals surface area contributed by atoms with Crippen LogP contribution in [0.25, 0.3) is 0 Å². The van der Waals surface area contributed by atoms with Crippen LogP contribution in [0.3, 0.4) is 0 Å². The number of hydrogen-bond acceptors (Lipinski definition) is 4. The van der Waals surface area contributed by atoms with Crippen LogP contribution in [0, 0.1) is 0 Å². The van der Waals surface area contributed by atoms with Crippen LogP contribution in [0.1, 0.15) is 15.9 Å². The molecule has 0 spiro atoms. The number of ketones is 2. The van der Waals surface area contributed by atoms with Gasteiger partial charge in [-0.2, -0.15) is 13.2 Å². The second kappa shape index (κ2) is 5.35. The van der Waals surface area contributed by atoms with E-state index in [0.29, 0.717) is 0 Å². The molecule has 0 amide bonds. The second-order valence-corrected chi connectivity index (χ2v) is 4.07. The summed E-state index contributed by atoms with van der Waals surface area (Å²) >= 11 is 0. The third kappa shape index (κ3) is 3.44. The molecule has 0 radical (unpaired) electrons. The average Bonchev–Trinajstić information content (AvgIpc) is 2.42. The van der Waals surface area contributed by atoms with Crippen LogP contribution in [-0.4, -0.2) is 17.5 Å². The zero-order valence-electron chi connectivity index (χ0n) is 10.3. The Kier molecular flexibility index (Phi) is 3.75. The molecule has 108 valence electrons. The summed E-state index contributed by atoms with van der Waals surface area (Å²) in [5.41, 5.74) is -1.08. The van der Waals surface area contributed by atoms with Crippen LogP contribution in [0.15, 0.2) is 48.3 Å². The van der Waals surface area contributed by atoms with Gasteiger partial charge >= 0.3 is 12.1 Å². The molecule has 2 rings (SSSR count). The Bertz CT molecular complexity index is 666. The van der Waals surface area contributed by atoms with Crippen molar-refractivity contribution in [2.75, 3.05) is 0 Å². The molecule has 0 aliphatic heterocycles. The van der Waals surface area contributed by atoms with E-state index in [0.717, 1.165) is 42.5 Å². The summed E-state index contributed by atoms with van der Waals surface area (Å²) in [6.45, 7) is 0. The molecule has 0 bridgehead atoms. The highest BCUT2D eigenvalue weighted by Crippen LogP contribution is 2.29. The number of carbonyl (C=O) groups excluding carboxylic acids is 3. The van der Waals surface area contributed by atoms with E-state index in [1.165, 1.54) is 0 Å². The number of halogens is 3. The number of esters is 1. The monoisotopic (exact) mass is 296 g/mol. The molecule has 0 aromatic heterocycles. The summed E-state index contributed by atoms with van der Waals surface area (Å²) in [7, 11) is 0. The van der Waals surface area contributed by atoms with Gasteiger partial charge in [-0.3, -0.25) is 9.59 Å². The highest BCUT2D eigenvalue weighted by Gasteiger charge is 2.30. The van der Waals surface area contributed by atoms with Gasteiger partial charge in [0.25, 0.3) is 0 Å². The summed E-state index contributed by atoms with van der Waals surface area (Å²) < 4.78 is 41.8. The number of alkyl halides is 3. The Labute approximate surface area is 116 Å². The minimum absolute atomic E-state index is 0.168. The molecular formula is C14H7F3O4. The number of hydrogen-bond donors (Lipinski definition) is 0. The van der Waals surface area contributed by atoms with Crippen molar-refractivity contribution in [3.05, 3.63) is 59.4 Å². The summed E-state index contributed by atoms with van der Waals surface area (Å²) in [5, 5.41) is 0. The lowest BCUT2D eigenvalue weighted by Crippen LogP contribution is -2.15. The van der Waals surface area contributed by atoms with Gasteiger partial charge in [-0.15, -0.1) is 0 Å².